The summed E-state index contributed by atoms with van der Waals surface area (Å²) in [6.07, 6.45) is 0. The number of esters is 1. The molecule has 0 spiro atoms. The van der Waals surface area contributed by atoms with E-state index >= 15 is 0 Å². The number of hydrogen-bond acceptors (Lipinski definition) is 4. The van der Waals surface area contributed by atoms with E-state index in [9.17, 15) is 9.59 Å². The summed E-state index contributed by atoms with van der Waals surface area (Å²) in [4.78, 5) is 23.6. The van der Waals surface area contributed by atoms with Crippen molar-refractivity contribution in [3.05, 3.63) is 59.7 Å². The van der Waals surface area contributed by atoms with Crippen molar-refractivity contribution in [1.82, 2.24) is 0 Å². The molecule has 0 aromatic heterocycles. The highest BCUT2D eigenvalue weighted by molar-refractivity contribution is 6.11. The van der Waals surface area contributed by atoms with Crippen LogP contribution in [0.15, 0.2) is 48.5 Å². The average molecular weight is 270 g/mol. The molecular weight excluding hydrogens is 256 g/mol. The van der Waals surface area contributed by atoms with Crippen LogP contribution < -0.4 is 9.47 Å². The summed E-state index contributed by atoms with van der Waals surface area (Å²) in [5.41, 5.74) is 0.860. The van der Waals surface area contributed by atoms with Crippen molar-refractivity contribution in [2.75, 3.05) is 7.11 Å². The van der Waals surface area contributed by atoms with Crippen LogP contribution in [0.5, 0.6) is 11.5 Å². The van der Waals surface area contributed by atoms with Crippen LogP contribution in [-0.2, 0) is 4.79 Å². The van der Waals surface area contributed by atoms with Gasteiger partial charge in [0.2, 0.25) is 0 Å². The molecule has 0 aliphatic heterocycles. The van der Waals surface area contributed by atoms with Gasteiger partial charge in [0.15, 0.2) is 5.78 Å². The second kappa shape index (κ2) is 6.02. The SMILES string of the molecule is COc1ccc(C(=O)c2ccccc2)c(OC(C)=O)c1. The Morgan fingerprint density at radius 3 is 2.30 bits per heavy atom. The largest absolute Gasteiger partial charge is 0.497 e. The van der Waals surface area contributed by atoms with Gasteiger partial charge in [0.25, 0.3) is 0 Å². The molecule has 0 saturated heterocycles. The predicted octanol–water partition coefficient (Wildman–Crippen LogP) is 2.85. The van der Waals surface area contributed by atoms with Crippen LogP contribution in [0.4, 0.5) is 0 Å². The number of rotatable bonds is 4. The minimum Gasteiger partial charge on any atom is -0.497 e. The highest BCUT2D eigenvalue weighted by Crippen LogP contribution is 2.27. The van der Waals surface area contributed by atoms with Gasteiger partial charge in [-0.2, -0.15) is 0 Å². The molecule has 4 nitrogen and oxygen atoms in total. The number of carbonyl (C=O) groups is 2. The van der Waals surface area contributed by atoms with E-state index < -0.39 is 5.97 Å². The molecule has 0 saturated carbocycles. The number of ketones is 1. The lowest BCUT2D eigenvalue weighted by Gasteiger charge is -2.10. The third kappa shape index (κ3) is 3.03. The van der Waals surface area contributed by atoms with E-state index in [4.69, 9.17) is 9.47 Å². The van der Waals surface area contributed by atoms with E-state index in [1.54, 1.807) is 36.4 Å². The molecule has 0 heterocycles. The van der Waals surface area contributed by atoms with E-state index in [2.05, 4.69) is 0 Å². The van der Waals surface area contributed by atoms with Gasteiger partial charge >= 0.3 is 5.97 Å². The molecule has 2 aromatic rings. The molecule has 0 N–H and O–H groups in total. The molecule has 0 unspecified atom stereocenters. The van der Waals surface area contributed by atoms with Crippen LogP contribution in [0.25, 0.3) is 0 Å². The van der Waals surface area contributed by atoms with Crippen molar-refractivity contribution >= 4 is 11.8 Å². The quantitative estimate of drug-likeness (QED) is 0.487. The molecule has 0 aliphatic rings. The number of carbonyl (C=O) groups excluding carboxylic acids is 2. The first-order valence-electron chi connectivity index (χ1n) is 6.08. The molecule has 0 bridgehead atoms. The number of benzene rings is 2. The molecule has 0 radical (unpaired) electrons. The van der Waals surface area contributed by atoms with Crippen molar-refractivity contribution in [3.63, 3.8) is 0 Å². The zero-order chi connectivity index (χ0) is 14.5. The van der Waals surface area contributed by atoms with E-state index in [1.807, 2.05) is 6.07 Å². The molecule has 20 heavy (non-hydrogen) atoms. The van der Waals surface area contributed by atoms with Crippen LogP contribution in [0.1, 0.15) is 22.8 Å². The lowest BCUT2D eigenvalue weighted by atomic mass is 10.0. The van der Waals surface area contributed by atoms with Crippen molar-refractivity contribution in [1.29, 1.82) is 0 Å². The minimum atomic E-state index is -0.486. The second-order valence-electron chi connectivity index (χ2n) is 4.15. The highest BCUT2D eigenvalue weighted by atomic mass is 16.5. The summed E-state index contributed by atoms with van der Waals surface area (Å²) in [6.45, 7) is 1.29. The number of ether oxygens (including phenoxy) is 2. The van der Waals surface area contributed by atoms with Gasteiger partial charge in [0.05, 0.1) is 12.7 Å². The Kier molecular flexibility index (Phi) is 4.15. The Bertz CT molecular complexity index is 632. The van der Waals surface area contributed by atoms with Crippen LogP contribution in [-0.4, -0.2) is 18.9 Å². The van der Waals surface area contributed by atoms with Gasteiger partial charge in [-0.25, -0.2) is 0 Å². The molecule has 2 aromatic carbocycles. The zero-order valence-corrected chi connectivity index (χ0v) is 11.3. The van der Waals surface area contributed by atoms with Gasteiger partial charge in [-0.3, -0.25) is 9.59 Å². The maximum Gasteiger partial charge on any atom is 0.308 e. The van der Waals surface area contributed by atoms with Gasteiger partial charge in [-0.1, -0.05) is 30.3 Å². The summed E-state index contributed by atoms with van der Waals surface area (Å²) in [5, 5.41) is 0. The van der Waals surface area contributed by atoms with Crippen molar-refractivity contribution < 1.29 is 19.1 Å². The van der Waals surface area contributed by atoms with E-state index in [-0.39, 0.29) is 11.5 Å². The topological polar surface area (TPSA) is 52.6 Å². The highest BCUT2D eigenvalue weighted by Gasteiger charge is 2.16. The van der Waals surface area contributed by atoms with Crippen LogP contribution in [0.2, 0.25) is 0 Å². The summed E-state index contributed by atoms with van der Waals surface area (Å²) in [5.74, 6) is 0.0291. The van der Waals surface area contributed by atoms with Crippen LogP contribution >= 0.6 is 0 Å². The van der Waals surface area contributed by atoms with Gasteiger partial charge in [-0.05, 0) is 12.1 Å². The third-order valence-corrected chi connectivity index (χ3v) is 2.72. The fraction of sp³-hybridized carbons (Fsp3) is 0.125. The van der Waals surface area contributed by atoms with Gasteiger partial charge < -0.3 is 9.47 Å². The molecule has 102 valence electrons. The van der Waals surface area contributed by atoms with Crippen LogP contribution in [0, 0.1) is 0 Å². The standard InChI is InChI=1S/C16H14O4/c1-11(17)20-15-10-13(19-2)8-9-14(15)16(18)12-6-4-3-5-7-12/h3-10H,1-2H3. The Hall–Kier alpha value is -2.62. The summed E-state index contributed by atoms with van der Waals surface area (Å²) >= 11 is 0. The minimum absolute atomic E-state index is 0.200. The zero-order valence-electron chi connectivity index (χ0n) is 11.3. The van der Waals surface area contributed by atoms with Crippen LogP contribution in [0.3, 0.4) is 0 Å². The van der Waals surface area contributed by atoms with E-state index in [1.165, 1.54) is 20.1 Å². The lowest BCUT2D eigenvalue weighted by molar-refractivity contribution is -0.131. The van der Waals surface area contributed by atoms with Crippen molar-refractivity contribution in [2.45, 2.75) is 6.92 Å². The van der Waals surface area contributed by atoms with E-state index in [0.29, 0.717) is 16.9 Å². The monoisotopic (exact) mass is 270 g/mol. The summed E-state index contributed by atoms with van der Waals surface area (Å²) in [7, 11) is 1.51. The molecule has 0 atom stereocenters. The van der Waals surface area contributed by atoms with Gasteiger partial charge in [-0.15, -0.1) is 0 Å². The first-order chi connectivity index (χ1) is 9.61. The summed E-state index contributed by atoms with van der Waals surface area (Å²) in [6, 6.07) is 13.6. The lowest BCUT2D eigenvalue weighted by Crippen LogP contribution is -2.09. The molecule has 0 aliphatic carbocycles. The smallest absolute Gasteiger partial charge is 0.308 e. The first kappa shape index (κ1) is 13.8. The maximum atomic E-state index is 12.4. The molecule has 0 amide bonds. The van der Waals surface area contributed by atoms with E-state index in [0.717, 1.165) is 0 Å². The molecule has 2 rings (SSSR count). The number of methoxy groups -OCH3 is 1. The van der Waals surface area contributed by atoms with Crippen molar-refractivity contribution in [3.8, 4) is 11.5 Å². The average Bonchev–Trinajstić information content (AvgIpc) is 2.46. The first-order valence-corrected chi connectivity index (χ1v) is 6.08. The Morgan fingerprint density at radius 1 is 1.00 bits per heavy atom. The predicted molar refractivity (Wildman–Crippen MR) is 74.2 cm³/mol. The molecular formula is C16H14O4. The maximum absolute atomic E-state index is 12.4. The Balaban J connectivity index is 2.44. The summed E-state index contributed by atoms with van der Waals surface area (Å²) < 4.78 is 10.2. The fourth-order valence-electron chi connectivity index (χ4n) is 1.80. The van der Waals surface area contributed by atoms with Gasteiger partial charge in [0.1, 0.15) is 11.5 Å². The fourth-order valence-corrected chi connectivity index (χ4v) is 1.80. The number of hydrogen-bond donors (Lipinski definition) is 0. The Labute approximate surface area is 116 Å². The van der Waals surface area contributed by atoms with Gasteiger partial charge in [0, 0.05) is 18.6 Å². The normalized spacial score (nSPS) is 9.90. The molecule has 0 fully saturated rings. The second-order valence-corrected chi connectivity index (χ2v) is 4.15. The Morgan fingerprint density at radius 2 is 1.70 bits per heavy atom. The van der Waals surface area contributed by atoms with Crippen molar-refractivity contribution in [2.24, 2.45) is 0 Å². The third-order valence-electron chi connectivity index (χ3n) is 2.72. The molecule has 4 heteroatoms.